The van der Waals surface area contributed by atoms with Crippen LogP contribution in [0.3, 0.4) is 0 Å². The minimum absolute atomic E-state index is 0.203. The summed E-state index contributed by atoms with van der Waals surface area (Å²) in [7, 11) is 0. The van der Waals surface area contributed by atoms with E-state index in [0.717, 1.165) is 51.4 Å². The normalized spacial score (nSPS) is 21.0. The lowest BCUT2D eigenvalue weighted by atomic mass is 9.99. The van der Waals surface area contributed by atoms with Gasteiger partial charge in [0, 0.05) is 6.42 Å². The molecule has 0 bridgehead atoms. The first-order chi connectivity index (χ1) is 28.8. The molecule has 1 saturated heterocycles. The molecule has 9 nitrogen and oxygen atoms in total. The fraction of sp³-hybridized carbons (Fsp3) is 0.860. The highest BCUT2D eigenvalue weighted by Gasteiger charge is 2.44. The molecule has 1 aliphatic heterocycles. The standard InChI is InChI=1S/C50H93NO8/c1-3-5-7-9-11-13-15-17-18-19-20-21-22-23-24-25-26-28-29-31-33-35-37-39-44(53)43(42-58-50-49(57)48(56)47(55)45(41-52)59-50)51-46(54)40-38-36-34-32-30-27-16-14-12-10-8-6-4-2/h27,29-31,37,39,43-45,47-50,52-53,55-57H,3-26,28,32-36,38,40-42H2,1-2H3,(H,51,54)/b30-27-,31-29+,39-37+. The van der Waals surface area contributed by atoms with Gasteiger partial charge in [-0.25, -0.2) is 0 Å². The molecule has 346 valence electrons. The smallest absolute Gasteiger partial charge is 0.220 e. The second kappa shape index (κ2) is 40.5. The Balaban J connectivity index is 2.32. The average Bonchev–Trinajstić information content (AvgIpc) is 3.23. The highest BCUT2D eigenvalue weighted by atomic mass is 16.7. The summed E-state index contributed by atoms with van der Waals surface area (Å²) in [5.41, 5.74) is 0. The van der Waals surface area contributed by atoms with Crippen molar-refractivity contribution in [3.8, 4) is 0 Å². The van der Waals surface area contributed by atoms with E-state index in [0.29, 0.717) is 6.42 Å². The van der Waals surface area contributed by atoms with Crippen LogP contribution in [0.25, 0.3) is 0 Å². The predicted octanol–water partition coefficient (Wildman–Crippen LogP) is 10.8. The van der Waals surface area contributed by atoms with Crippen LogP contribution in [-0.4, -0.2) is 87.5 Å². The number of ether oxygens (including phenoxy) is 2. The Morgan fingerprint density at radius 1 is 0.559 bits per heavy atom. The predicted molar refractivity (Wildman–Crippen MR) is 244 cm³/mol. The zero-order chi connectivity index (χ0) is 43.0. The van der Waals surface area contributed by atoms with Crippen molar-refractivity contribution in [3.63, 3.8) is 0 Å². The van der Waals surface area contributed by atoms with Gasteiger partial charge in [0.1, 0.15) is 24.4 Å². The maximum absolute atomic E-state index is 12.9. The molecule has 0 aromatic carbocycles. The summed E-state index contributed by atoms with van der Waals surface area (Å²) in [6.07, 6.45) is 43.5. The SMILES string of the molecule is CCCCCCCC/C=C\CCCCCC(=O)NC(COC1OC(CO)C(O)C(O)C1O)C(O)/C=C/CC/C=C/CCCCCCCCCCCCCCCCCCC. The van der Waals surface area contributed by atoms with Gasteiger partial charge < -0.3 is 40.3 Å². The van der Waals surface area contributed by atoms with Crippen LogP contribution in [0.2, 0.25) is 0 Å². The van der Waals surface area contributed by atoms with E-state index in [1.165, 1.54) is 148 Å². The zero-order valence-corrected chi connectivity index (χ0v) is 38.0. The third-order valence-electron chi connectivity index (χ3n) is 11.7. The highest BCUT2D eigenvalue weighted by molar-refractivity contribution is 5.76. The van der Waals surface area contributed by atoms with Crippen molar-refractivity contribution in [2.75, 3.05) is 13.2 Å². The van der Waals surface area contributed by atoms with Gasteiger partial charge in [-0.15, -0.1) is 0 Å². The largest absolute Gasteiger partial charge is 0.394 e. The van der Waals surface area contributed by atoms with Crippen molar-refractivity contribution in [3.05, 3.63) is 36.5 Å². The number of hydrogen-bond acceptors (Lipinski definition) is 8. The van der Waals surface area contributed by atoms with Crippen molar-refractivity contribution in [1.82, 2.24) is 5.32 Å². The van der Waals surface area contributed by atoms with Gasteiger partial charge in [0.2, 0.25) is 5.91 Å². The van der Waals surface area contributed by atoms with Gasteiger partial charge in [-0.2, -0.15) is 0 Å². The molecule has 1 heterocycles. The summed E-state index contributed by atoms with van der Waals surface area (Å²) < 4.78 is 11.2. The first-order valence-electron chi connectivity index (χ1n) is 24.7. The summed E-state index contributed by atoms with van der Waals surface area (Å²) in [6, 6.07) is -0.828. The molecule has 0 spiro atoms. The third kappa shape index (κ3) is 31.0. The number of nitrogens with one attached hydrogen (secondary N) is 1. The summed E-state index contributed by atoms with van der Waals surface area (Å²) in [6.45, 7) is 3.74. The van der Waals surface area contributed by atoms with E-state index in [9.17, 15) is 30.3 Å². The molecule has 9 heteroatoms. The van der Waals surface area contributed by atoms with Gasteiger partial charge in [0.05, 0.1) is 25.4 Å². The fourth-order valence-corrected chi connectivity index (χ4v) is 7.70. The molecular formula is C50H93NO8. The second-order valence-corrected chi connectivity index (χ2v) is 17.2. The first kappa shape index (κ1) is 55.4. The molecule has 1 amide bonds. The number of hydrogen-bond donors (Lipinski definition) is 6. The van der Waals surface area contributed by atoms with Gasteiger partial charge in [0.25, 0.3) is 0 Å². The number of aliphatic hydroxyl groups is 5. The summed E-state index contributed by atoms with van der Waals surface area (Å²) in [5, 5.41) is 54.2. The van der Waals surface area contributed by atoms with Crippen LogP contribution in [0.15, 0.2) is 36.5 Å². The van der Waals surface area contributed by atoms with Gasteiger partial charge in [-0.3, -0.25) is 4.79 Å². The number of carbonyl (C=O) groups excluding carboxylic acids is 1. The number of amides is 1. The Morgan fingerprint density at radius 3 is 1.42 bits per heavy atom. The van der Waals surface area contributed by atoms with Gasteiger partial charge in [-0.05, 0) is 57.8 Å². The molecule has 0 radical (unpaired) electrons. The monoisotopic (exact) mass is 836 g/mol. The Kier molecular flexibility index (Phi) is 38.0. The Labute approximate surface area is 361 Å². The molecule has 6 N–H and O–H groups in total. The number of rotatable bonds is 41. The summed E-state index contributed by atoms with van der Waals surface area (Å²) in [4.78, 5) is 12.9. The molecule has 7 unspecified atom stereocenters. The number of allylic oxidation sites excluding steroid dienone is 5. The Bertz CT molecular complexity index is 1020. The highest BCUT2D eigenvalue weighted by Crippen LogP contribution is 2.23. The van der Waals surface area contributed by atoms with Crippen molar-refractivity contribution in [2.45, 2.75) is 262 Å². The molecule has 1 fully saturated rings. The maximum atomic E-state index is 12.9. The molecule has 0 aromatic heterocycles. The van der Waals surface area contributed by atoms with Crippen LogP contribution in [0.4, 0.5) is 0 Å². The fourth-order valence-electron chi connectivity index (χ4n) is 7.70. The lowest BCUT2D eigenvalue weighted by Gasteiger charge is -2.40. The lowest BCUT2D eigenvalue weighted by Crippen LogP contribution is -2.60. The van der Waals surface area contributed by atoms with Crippen LogP contribution in [0, 0.1) is 0 Å². The van der Waals surface area contributed by atoms with Crippen LogP contribution in [0.1, 0.15) is 219 Å². The Morgan fingerprint density at radius 2 is 0.966 bits per heavy atom. The third-order valence-corrected chi connectivity index (χ3v) is 11.7. The molecule has 1 aliphatic rings. The van der Waals surface area contributed by atoms with Crippen LogP contribution in [0.5, 0.6) is 0 Å². The molecule has 1 rings (SSSR count). The van der Waals surface area contributed by atoms with E-state index >= 15 is 0 Å². The van der Waals surface area contributed by atoms with Gasteiger partial charge in [-0.1, -0.05) is 192 Å². The van der Waals surface area contributed by atoms with E-state index in [1.807, 2.05) is 6.08 Å². The van der Waals surface area contributed by atoms with Crippen molar-refractivity contribution in [1.29, 1.82) is 0 Å². The summed E-state index contributed by atoms with van der Waals surface area (Å²) >= 11 is 0. The molecule has 0 aromatic rings. The van der Waals surface area contributed by atoms with Crippen molar-refractivity contribution >= 4 is 5.91 Å². The van der Waals surface area contributed by atoms with Crippen LogP contribution in [-0.2, 0) is 14.3 Å². The van der Waals surface area contributed by atoms with E-state index in [4.69, 9.17) is 9.47 Å². The van der Waals surface area contributed by atoms with E-state index in [-0.39, 0.29) is 12.5 Å². The number of carbonyl (C=O) groups is 1. The first-order valence-corrected chi connectivity index (χ1v) is 24.7. The topological polar surface area (TPSA) is 149 Å². The van der Waals surface area contributed by atoms with Crippen LogP contribution >= 0.6 is 0 Å². The minimum Gasteiger partial charge on any atom is -0.394 e. The zero-order valence-electron chi connectivity index (χ0n) is 38.0. The molecule has 7 atom stereocenters. The molecule has 0 aliphatic carbocycles. The van der Waals surface area contributed by atoms with Gasteiger partial charge in [0.15, 0.2) is 6.29 Å². The average molecular weight is 836 g/mol. The molecular weight excluding hydrogens is 743 g/mol. The van der Waals surface area contributed by atoms with E-state index in [1.54, 1.807) is 6.08 Å². The minimum atomic E-state index is -1.57. The number of aliphatic hydroxyl groups excluding tert-OH is 5. The molecule has 59 heavy (non-hydrogen) atoms. The van der Waals surface area contributed by atoms with Gasteiger partial charge >= 0.3 is 0 Å². The van der Waals surface area contributed by atoms with E-state index < -0.39 is 49.5 Å². The summed E-state index contributed by atoms with van der Waals surface area (Å²) in [5.74, 6) is -0.203. The second-order valence-electron chi connectivity index (χ2n) is 17.2. The van der Waals surface area contributed by atoms with Crippen molar-refractivity contribution in [2.24, 2.45) is 0 Å². The van der Waals surface area contributed by atoms with E-state index in [2.05, 4.69) is 43.5 Å². The number of unbranched alkanes of at least 4 members (excludes halogenated alkanes) is 27. The quantitative estimate of drug-likeness (QED) is 0.0263. The van der Waals surface area contributed by atoms with Crippen LogP contribution < -0.4 is 5.32 Å². The maximum Gasteiger partial charge on any atom is 0.220 e. The van der Waals surface area contributed by atoms with Crippen molar-refractivity contribution < 1.29 is 39.8 Å². The lowest BCUT2D eigenvalue weighted by molar-refractivity contribution is -0.302. The Hall–Kier alpha value is -1.59. The molecule has 0 saturated carbocycles.